The Morgan fingerprint density at radius 3 is 2.46 bits per heavy atom. The molecular formula is C21H28ClNO4S. The molecule has 0 saturated heterocycles. The number of methoxy groups -OCH3 is 1. The van der Waals surface area contributed by atoms with Gasteiger partial charge in [-0.1, -0.05) is 48.7 Å². The zero-order valence-corrected chi connectivity index (χ0v) is 18.5. The van der Waals surface area contributed by atoms with Gasteiger partial charge in [0, 0.05) is 10.9 Å². The highest BCUT2D eigenvalue weighted by atomic mass is 35.5. The van der Waals surface area contributed by atoms with Crippen LogP contribution in [0.1, 0.15) is 50.2 Å². The van der Waals surface area contributed by atoms with E-state index in [9.17, 15) is 14.4 Å². The summed E-state index contributed by atoms with van der Waals surface area (Å²) in [4.78, 5) is 39.2. The van der Waals surface area contributed by atoms with E-state index in [4.69, 9.17) is 16.3 Å². The number of carbonyl (C=O) groups is 3. The van der Waals surface area contributed by atoms with Crippen molar-refractivity contribution in [2.45, 2.75) is 58.9 Å². The van der Waals surface area contributed by atoms with Crippen LogP contribution >= 0.6 is 23.4 Å². The third kappa shape index (κ3) is 5.29. The molecule has 1 aromatic rings. The topological polar surface area (TPSA) is 63.7 Å². The Morgan fingerprint density at radius 2 is 1.86 bits per heavy atom. The number of carbonyl (C=O) groups excluding carboxylic acids is 3. The van der Waals surface area contributed by atoms with Gasteiger partial charge >= 0.3 is 5.97 Å². The molecule has 0 spiro atoms. The summed E-state index contributed by atoms with van der Waals surface area (Å²) in [7, 11) is 1.29. The van der Waals surface area contributed by atoms with Gasteiger partial charge in [0.25, 0.3) is 0 Å². The third-order valence-electron chi connectivity index (χ3n) is 5.28. The van der Waals surface area contributed by atoms with Crippen LogP contribution < -0.4 is 4.90 Å². The van der Waals surface area contributed by atoms with Gasteiger partial charge in [-0.2, -0.15) is 0 Å². The van der Waals surface area contributed by atoms with Gasteiger partial charge in [-0.05, 0) is 50.8 Å². The molecule has 1 atom stereocenters. The fourth-order valence-electron chi connectivity index (χ4n) is 3.65. The van der Waals surface area contributed by atoms with Gasteiger partial charge in [-0.25, -0.2) is 4.79 Å². The number of nitrogens with zero attached hydrogens (tertiary/aromatic N) is 1. The van der Waals surface area contributed by atoms with Crippen LogP contribution in [0.4, 0.5) is 5.69 Å². The van der Waals surface area contributed by atoms with Crippen molar-refractivity contribution in [1.29, 1.82) is 0 Å². The molecule has 2 rings (SSSR count). The van der Waals surface area contributed by atoms with E-state index in [1.807, 2.05) is 19.9 Å². The average Bonchev–Trinajstić information content (AvgIpc) is 2.71. The molecule has 154 valence electrons. The van der Waals surface area contributed by atoms with E-state index in [-0.39, 0.29) is 22.7 Å². The van der Waals surface area contributed by atoms with Crippen molar-refractivity contribution < 1.29 is 19.1 Å². The van der Waals surface area contributed by atoms with Gasteiger partial charge in [0.05, 0.1) is 18.6 Å². The lowest BCUT2D eigenvalue weighted by Crippen LogP contribution is -2.46. The van der Waals surface area contributed by atoms with Crippen molar-refractivity contribution in [3.63, 3.8) is 0 Å². The van der Waals surface area contributed by atoms with Crippen LogP contribution in [0.3, 0.4) is 0 Å². The molecule has 0 heterocycles. The number of benzene rings is 1. The van der Waals surface area contributed by atoms with Gasteiger partial charge in [-0.15, -0.1) is 0 Å². The van der Waals surface area contributed by atoms with Crippen molar-refractivity contribution in [3.8, 4) is 0 Å². The summed E-state index contributed by atoms with van der Waals surface area (Å²) >= 11 is 7.32. The van der Waals surface area contributed by atoms with Gasteiger partial charge in [0.1, 0.15) is 6.04 Å². The minimum absolute atomic E-state index is 0.0118. The van der Waals surface area contributed by atoms with E-state index < -0.39 is 12.0 Å². The van der Waals surface area contributed by atoms with Gasteiger partial charge < -0.3 is 4.74 Å². The quantitative estimate of drug-likeness (QED) is 0.618. The number of thioether (sulfide) groups is 1. The third-order valence-corrected chi connectivity index (χ3v) is 6.70. The van der Waals surface area contributed by atoms with Crippen LogP contribution in [0.15, 0.2) is 12.1 Å². The molecule has 0 bridgehead atoms. The van der Waals surface area contributed by atoms with E-state index in [1.54, 1.807) is 13.0 Å². The number of hydrogen-bond donors (Lipinski definition) is 0. The molecule has 0 aliphatic heterocycles. The fourth-order valence-corrected chi connectivity index (χ4v) is 4.68. The summed E-state index contributed by atoms with van der Waals surface area (Å²) in [6.07, 6.45) is 5.10. The predicted molar refractivity (Wildman–Crippen MR) is 114 cm³/mol. The summed E-state index contributed by atoms with van der Waals surface area (Å²) < 4.78 is 4.86. The number of ether oxygens (including phenoxy) is 1. The summed E-state index contributed by atoms with van der Waals surface area (Å²) in [5, 5.41) is 0.583. The Labute approximate surface area is 176 Å². The highest BCUT2D eigenvalue weighted by Crippen LogP contribution is 2.33. The maximum absolute atomic E-state index is 13.1. The van der Waals surface area contributed by atoms with E-state index in [1.165, 1.54) is 18.4 Å². The number of aryl methyl sites for hydroxylation is 1. The van der Waals surface area contributed by atoms with Crippen molar-refractivity contribution in [3.05, 3.63) is 28.3 Å². The van der Waals surface area contributed by atoms with Crippen molar-refractivity contribution in [2.75, 3.05) is 17.8 Å². The zero-order chi connectivity index (χ0) is 20.8. The molecule has 1 aromatic carbocycles. The maximum atomic E-state index is 13.1. The summed E-state index contributed by atoms with van der Waals surface area (Å²) in [6.45, 7) is 5.30. The lowest BCUT2D eigenvalue weighted by molar-refractivity contribution is -0.142. The molecule has 1 aliphatic carbocycles. The minimum Gasteiger partial charge on any atom is -0.467 e. The van der Waals surface area contributed by atoms with E-state index in [0.29, 0.717) is 10.7 Å². The van der Waals surface area contributed by atoms with Crippen LogP contribution in [-0.2, 0) is 19.1 Å². The van der Waals surface area contributed by atoms with Crippen LogP contribution in [-0.4, -0.2) is 35.9 Å². The SMILES string of the molecule is COC(=O)C(C)N(C(=O)CSC(=O)C1CCCCC1)c1c(C)ccc(Cl)c1C. The van der Waals surface area contributed by atoms with E-state index in [2.05, 4.69) is 0 Å². The summed E-state index contributed by atoms with van der Waals surface area (Å²) in [5.74, 6) is -0.800. The van der Waals surface area contributed by atoms with Crippen LogP contribution in [0.5, 0.6) is 0 Å². The highest BCUT2D eigenvalue weighted by Gasteiger charge is 2.32. The zero-order valence-electron chi connectivity index (χ0n) is 16.9. The molecule has 1 aliphatic rings. The van der Waals surface area contributed by atoms with Crippen LogP contribution in [0.25, 0.3) is 0 Å². The molecule has 5 nitrogen and oxygen atoms in total. The van der Waals surface area contributed by atoms with Crippen molar-refractivity contribution >= 4 is 46.0 Å². The lowest BCUT2D eigenvalue weighted by atomic mass is 9.90. The van der Waals surface area contributed by atoms with Crippen molar-refractivity contribution in [1.82, 2.24) is 0 Å². The van der Waals surface area contributed by atoms with Gasteiger partial charge in [0.2, 0.25) is 5.91 Å². The first-order valence-corrected chi connectivity index (χ1v) is 11.0. The molecule has 28 heavy (non-hydrogen) atoms. The normalized spacial score (nSPS) is 15.8. The van der Waals surface area contributed by atoms with E-state index in [0.717, 1.165) is 48.6 Å². The molecule has 1 saturated carbocycles. The predicted octanol–water partition coefficient (Wildman–Crippen LogP) is 4.69. The monoisotopic (exact) mass is 425 g/mol. The number of esters is 1. The van der Waals surface area contributed by atoms with Crippen LogP contribution in [0, 0.1) is 19.8 Å². The molecular weight excluding hydrogens is 398 g/mol. The average molecular weight is 426 g/mol. The number of amides is 1. The Hall–Kier alpha value is -1.53. The molecule has 0 N–H and O–H groups in total. The molecule has 1 amide bonds. The lowest BCUT2D eigenvalue weighted by Gasteiger charge is -2.31. The molecule has 0 radical (unpaired) electrons. The minimum atomic E-state index is -0.821. The largest absolute Gasteiger partial charge is 0.467 e. The molecule has 7 heteroatoms. The Morgan fingerprint density at radius 1 is 1.21 bits per heavy atom. The Kier molecular flexibility index (Phi) is 8.38. The van der Waals surface area contributed by atoms with Gasteiger partial charge in [0.15, 0.2) is 5.12 Å². The van der Waals surface area contributed by atoms with Crippen molar-refractivity contribution in [2.24, 2.45) is 5.92 Å². The highest BCUT2D eigenvalue weighted by molar-refractivity contribution is 8.14. The maximum Gasteiger partial charge on any atom is 0.328 e. The first-order valence-electron chi connectivity index (χ1n) is 9.60. The fraction of sp³-hybridized carbons (Fsp3) is 0.571. The standard InChI is InChI=1S/C21H28ClNO4S/c1-13-10-11-17(22)14(2)19(13)23(15(3)20(25)27-4)18(24)12-28-21(26)16-8-6-5-7-9-16/h10-11,15-16H,5-9,12H2,1-4H3. The summed E-state index contributed by atoms with van der Waals surface area (Å²) in [6, 6.07) is 2.76. The first-order chi connectivity index (χ1) is 13.3. The first kappa shape index (κ1) is 22.8. The Bertz CT molecular complexity index is 746. The second-order valence-electron chi connectivity index (χ2n) is 7.24. The van der Waals surface area contributed by atoms with E-state index >= 15 is 0 Å². The Balaban J connectivity index is 2.24. The summed E-state index contributed by atoms with van der Waals surface area (Å²) in [5.41, 5.74) is 2.14. The molecule has 1 fully saturated rings. The smallest absolute Gasteiger partial charge is 0.328 e. The second-order valence-corrected chi connectivity index (χ2v) is 8.63. The van der Waals surface area contributed by atoms with Gasteiger partial charge in [-0.3, -0.25) is 14.5 Å². The number of anilines is 1. The molecule has 0 aromatic heterocycles. The number of halogens is 1. The second kappa shape index (κ2) is 10.3. The van der Waals surface area contributed by atoms with Crippen LogP contribution in [0.2, 0.25) is 5.02 Å². The number of hydrogen-bond acceptors (Lipinski definition) is 5. The molecule has 1 unspecified atom stereocenters. The number of rotatable bonds is 6.